The maximum absolute atomic E-state index is 14.3. The van der Waals surface area contributed by atoms with E-state index in [-0.39, 0.29) is 34.4 Å². The van der Waals surface area contributed by atoms with Crippen molar-refractivity contribution >= 4 is 22.7 Å². The fourth-order valence-electron chi connectivity index (χ4n) is 4.19. The van der Waals surface area contributed by atoms with Crippen molar-refractivity contribution in [2.24, 2.45) is 0 Å². The van der Waals surface area contributed by atoms with Crippen LogP contribution in [0.1, 0.15) is 24.4 Å². The molecule has 0 amide bonds. The van der Waals surface area contributed by atoms with Crippen molar-refractivity contribution in [1.29, 1.82) is 0 Å². The van der Waals surface area contributed by atoms with E-state index < -0.39 is 35.0 Å². The van der Waals surface area contributed by atoms with Crippen LogP contribution in [0.25, 0.3) is 27.7 Å². The van der Waals surface area contributed by atoms with E-state index in [0.29, 0.717) is 17.3 Å². The first-order chi connectivity index (χ1) is 19.1. The topological polar surface area (TPSA) is 134 Å². The predicted molar refractivity (Wildman–Crippen MR) is 138 cm³/mol. The van der Waals surface area contributed by atoms with Gasteiger partial charge in [-0.3, -0.25) is 9.36 Å². The average Bonchev–Trinajstić information content (AvgIpc) is 2.92. The molecule has 0 bridgehead atoms. The number of halogens is 4. The second-order valence-electron chi connectivity index (χ2n) is 8.60. The first-order valence-electron chi connectivity index (χ1n) is 11.7. The van der Waals surface area contributed by atoms with Crippen LogP contribution in [0.2, 0.25) is 0 Å². The molecule has 0 aliphatic heterocycles. The molecular weight excluding hydrogens is 532 g/mol. The number of rotatable bonds is 6. The molecule has 10 nitrogen and oxygen atoms in total. The molecule has 3 heterocycles. The Hall–Kier alpha value is -5.14. The molecule has 0 saturated heterocycles. The monoisotopic (exact) mass is 552 g/mol. The van der Waals surface area contributed by atoms with Crippen LogP contribution in [0.4, 0.5) is 29.3 Å². The van der Waals surface area contributed by atoms with E-state index >= 15 is 0 Å². The largest absolute Gasteiger partial charge is 0.467 e. The van der Waals surface area contributed by atoms with Crippen LogP contribution in [0.5, 0.6) is 6.01 Å². The van der Waals surface area contributed by atoms with Crippen molar-refractivity contribution in [2.75, 3.05) is 18.2 Å². The van der Waals surface area contributed by atoms with Gasteiger partial charge in [0, 0.05) is 24.2 Å². The van der Waals surface area contributed by atoms with Crippen molar-refractivity contribution in [2.45, 2.75) is 19.1 Å². The van der Waals surface area contributed by atoms with E-state index in [2.05, 4.69) is 30.2 Å². The third kappa shape index (κ3) is 4.98. The number of methoxy groups -OCH3 is 1. The second kappa shape index (κ2) is 10.2. The molecule has 5 aromatic rings. The minimum Gasteiger partial charge on any atom is -0.467 e. The Labute approximate surface area is 223 Å². The third-order valence-corrected chi connectivity index (χ3v) is 5.96. The van der Waals surface area contributed by atoms with Crippen LogP contribution in [-0.4, -0.2) is 36.6 Å². The van der Waals surface area contributed by atoms with Gasteiger partial charge in [-0.2, -0.15) is 18.2 Å². The van der Waals surface area contributed by atoms with Crippen LogP contribution in [0, 0.1) is 5.82 Å². The van der Waals surface area contributed by atoms with Crippen LogP contribution >= 0.6 is 0 Å². The summed E-state index contributed by atoms with van der Waals surface area (Å²) in [6, 6.07) is 9.21. The first-order valence-corrected chi connectivity index (χ1v) is 11.7. The summed E-state index contributed by atoms with van der Waals surface area (Å²) in [6.45, 7) is 1.49. The van der Waals surface area contributed by atoms with Gasteiger partial charge in [0.25, 0.3) is 5.56 Å². The molecule has 0 unspecified atom stereocenters. The molecule has 5 rings (SSSR count). The maximum Gasteiger partial charge on any atom is 0.421 e. The van der Waals surface area contributed by atoms with Crippen molar-refractivity contribution in [3.8, 4) is 22.8 Å². The van der Waals surface area contributed by atoms with Crippen molar-refractivity contribution in [3.05, 3.63) is 88.6 Å². The number of alkyl halides is 3. The highest BCUT2D eigenvalue weighted by molar-refractivity contribution is 5.94. The lowest BCUT2D eigenvalue weighted by atomic mass is 10.0. The quantitative estimate of drug-likeness (QED) is 0.291. The standard InChI is InChI=1S/C26H20F4N8O2/c1-13(35-21-18(26(28,29)30)12-32-24(31)37-21)22-36-19-8-4-7-17(14-10-33-25(40-2)34-11-14)20(19)23(39)38(22)16-6-3-5-15(27)9-16/h3-13H,1-2H3,(H3,31,32,35,37)/t13-/m1/s1. The van der Waals surface area contributed by atoms with Gasteiger partial charge >= 0.3 is 12.2 Å². The summed E-state index contributed by atoms with van der Waals surface area (Å²) < 4.78 is 61.4. The summed E-state index contributed by atoms with van der Waals surface area (Å²) in [5.41, 5.74) is 5.09. The van der Waals surface area contributed by atoms with Gasteiger partial charge in [-0.05, 0) is 36.8 Å². The molecule has 0 fully saturated rings. The van der Waals surface area contributed by atoms with E-state index in [1.54, 1.807) is 18.2 Å². The summed E-state index contributed by atoms with van der Waals surface area (Å²) in [7, 11) is 1.42. The first kappa shape index (κ1) is 26.5. The molecule has 0 radical (unpaired) electrons. The van der Waals surface area contributed by atoms with E-state index in [0.717, 1.165) is 10.6 Å². The number of hydrogen-bond donors (Lipinski definition) is 2. The van der Waals surface area contributed by atoms with Gasteiger partial charge in [0.15, 0.2) is 0 Å². The van der Waals surface area contributed by atoms with Crippen molar-refractivity contribution in [3.63, 3.8) is 0 Å². The lowest BCUT2D eigenvalue weighted by molar-refractivity contribution is -0.137. The molecule has 0 aliphatic rings. The fraction of sp³-hybridized carbons (Fsp3) is 0.154. The van der Waals surface area contributed by atoms with Crippen LogP contribution in [0.3, 0.4) is 0 Å². The molecule has 2 aromatic carbocycles. The average molecular weight is 552 g/mol. The maximum atomic E-state index is 14.3. The summed E-state index contributed by atoms with van der Waals surface area (Å²) >= 11 is 0. The Balaban J connectivity index is 1.74. The van der Waals surface area contributed by atoms with E-state index in [1.165, 1.54) is 44.6 Å². The second-order valence-corrected chi connectivity index (χ2v) is 8.60. The van der Waals surface area contributed by atoms with Gasteiger partial charge in [0.1, 0.15) is 23.0 Å². The minimum absolute atomic E-state index is 0.00320. The molecule has 1 atom stereocenters. The minimum atomic E-state index is -4.79. The zero-order valence-corrected chi connectivity index (χ0v) is 20.9. The van der Waals surface area contributed by atoms with Crippen molar-refractivity contribution in [1.82, 2.24) is 29.5 Å². The van der Waals surface area contributed by atoms with Gasteiger partial charge in [-0.15, -0.1) is 0 Å². The smallest absolute Gasteiger partial charge is 0.421 e. The van der Waals surface area contributed by atoms with E-state index in [1.807, 2.05) is 0 Å². The zero-order chi connectivity index (χ0) is 28.6. The number of benzene rings is 2. The van der Waals surface area contributed by atoms with Crippen molar-refractivity contribution < 1.29 is 22.3 Å². The highest BCUT2D eigenvalue weighted by Crippen LogP contribution is 2.35. The molecular formula is C26H20F4N8O2. The van der Waals surface area contributed by atoms with Gasteiger partial charge in [-0.25, -0.2) is 24.3 Å². The van der Waals surface area contributed by atoms with Crippen LogP contribution < -0.4 is 21.3 Å². The Morgan fingerprint density at radius 1 is 1.02 bits per heavy atom. The van der Waals surface area contributed by atoms with Crippen LogP contribution in [-0.2, 0) is 6.18 Å². The molecule has 14 heteroatoms. The highest BCUT2D eigenvalue weighted by atomic mass is 19.4. The number of nitrogen functional groups attached to an aromatic ring is 1. The number of nitrogens with one attached hydrogen (secondary N) is 1. The number of nitrogens with two attached hydrogens (primary N) is 1. The van der Waals surface area contributed by atoms with Crippen LogP contribution in [0.15, 0.2) is 65.8 Å². The Kier molecular flexibility index (Phi) is 6.75. The molecule has 3 aromatic heterocycles. The van der Waals surface area contributed by atoms with Gasteiger partial charge in [-0.1, -0.05) is 18.2 Å². The van der Waals surface area contributed by atoms with Gasteiger partial charge < -0.3 is 15.8 Å². The molecule has 204 valence electrons. The number of anilines is 2. The zero-order valence-electron chi connectivity index (χ0n) is 20.9. The Bertz CT molecular complexity index is 1770. The summed E-state index contributed by atoms with van der Waals surface area (Å²) in [6.07, 6.45) is -1.27. The fourth-order valence-corrected chi connectivity index (χ4v) is 4.19. The lowest BCUT2D eigenvalue weighted by Crippen LogP contribution is -2.28. The van der Waals surface area contributed by atoms with Gasteiger partial charge in [0.05, 0.1) is 29.7 Å². The lowest BCUT2D eigenvalue weighted by Gasteiger charge is -2.22. The summed E-state index contributed by atoms with van der Waals surface area (Å²) in [4.78, 5) is 34.1. The number of hydrogen-bond acceptors (Lipinski definition) is 9. The Morgan fingerprint density at radius 2 is 1.75 bits per heavy atom. The summed E-state index contributed by atoms with van der Waals surface area (Å²) in [5.74, 6) is -1.62. The highest BCUT2D eigenvalue weighted by Gasteiger charge is 2.36. The molecule has 0 saturated carbocycles. The van der Waals surface area contributed by atoms with Gasteiger partial charge in [0.2, 0.25) is 5.95 Å². The molecule has 0 aliphatic carbocycles. The number of fused-ring (bicyclic) bond motifs is 1. The molecule has 40 heavy (non-hydrogen) atoms. The predicted octanol–water partition coefficient (Wildman–Crippen LogP) is 4.55. The molecule has 3 N–H and O–H groups in total. The van der Waals surface area contributed by atoms with E-state index in [4.69, 9.17) is 10.5 Å². The molecule has 0 spiro atoms. The number of aromatic nitrogens is 6. The summed E-state index contributed by atoms with van der Waals surface area (Å²) in [5, 5.41) is 2.81. The SMILES string of the molecule is COc1ncc(-c2cccc3nc([C@@H](C)Nc4nc(N)ncc4C(F)(F)F)n(-c4cccc(F)c4)c(=O)c23)cn1. The van der Waals surface area contributed by atoms with E-state index in [9.17, 15) is 22.4 Å². The normalized spacial score (nSPS) is 12.3. The number of nitrogens with zero attached hydrogens (tertiary/aromatic N) is 6. The number of ether oxygens (including phenoxy) is 1. The Morgan fingerprint density at radius 3 is 2.42 bits per heavy atom. The third-order valence-electron chi connectivity index (χ3n) is 5.96.